The number of benzene rings is 2. The van der Waals surface area contributed by atoms with Crippen LogP contribution in [0.1, 0.15) is 46.1 Å². The first kappa shape index (κ1) is 27.9. The molecule has 202 valence electrons. The summed E-state index contributed by atoms with van der Waals surface area (Å²) in [6.45, 7) is 3.20. The first-order valence-corrected chi connectivity index (χ1v) is 14.8. The van der Waals surface area contributed by atoms with E-state index in [1.165, 1.54) is 36.6 Å². The first-order valence-electron chi connectivity index (χ1n) is 12.2. The highest BCUT2D eigenvalue weighted by Gasteiger charge is 2.32. The van der Waals surface area contributed by atoms with Crippen molar-refractivity contribution in [3.8, 4) is 5.75 Å². The maximum atomic E-state index is 13.8. The zero-order valence-electron chi connectivity index (χ0n) is 21.4. The van der Waals surface area contributed by atoms with E-state index < -0.39 is 28.4 Å². The Morgan fingerprint density at radius 3 is 2.50 bits per heavy atom. The van der Waals surface area contributed by atoms with Gasteiger partial charge >= 0.3 is 5.97 Å². The van der Waals surface area contributed by atoms with Crippen molar-refractivity contribution >= 4 is 55.5 Å². The van der Waals surface area contributed by atoms with Crippen molar-refractivity contribution in [2.45, 2.75) is 44.4 Å². The van der Waals surface area contributed by atoms with Crippen molar-refractivity contribution in [2.24, 2.45) is 0 Å². The Labute approximate surface area is 231 Å². The smallest absolute Gasteiger partial charge is 0.341 e. The molecular formula is C27H29ClN2O6S2. The highest BCUT2D eigenvalue weighted by molar-refractivity contribution is 7.92. The van der Waals surface area contributed by atoms with Gasteiger partial charge in [0.2, 0.25) is 5.91 Å². The number of aryl methyl sites for hydroxylation is 2. The summed E-state index contributed by atoms with van der Waals surface area (Å²) in [7, 11) is -2.79. The van der Waals surface area contributed by atoms with Gasteiger partial charge in [0.15, 0.2) is 0 Å². The van der Waals surface area contributed by atoms with Crippen LogP contribution in [0.25, 0.3) is 0 Å². The number of fused-ring (bicyclic) bond motifs is 1. The van der Waals surface area contributed by atoms with Gasteiger partial charge in [-0.3, -0.25) is 9.10 Å². The molecule has 1 aliphatic carbocycles. The highest BCUT2D eigenvalue weighted by Crippen LogP contribution is 2.39. The molecule has 0 aliphatic heterocycles. The van der Waals surface area contributed by atoms with Crippen LogP contribution in [0.4, 0.5) is 10.7 Å². The second-order valence-corrected chi connectivity index (χ2v) is 12.2. The van der Waals surface area contributed by atoms with E-state index in [-0.39, 0.29) is 28.0 Å². The summed E-state index contributed by atoms with van der Waals surface area (Å²) in [5.74, 6) is -0.883. The lowest BCUT2D eigenvalue weighted by Crippen LogP contribution is -2.38. The van der Waals surface area contributed by atoms with Crippen molar-refractivity contribution in [1.82, 2.24) is 0 Å². The quantitative estimate of drug-likeness (QED) is 0.332. The molecular weight excluding hydrogens is 548 g/mol. The van der Waals surface area contributed by atoms with E-state index in [0.29, 0.717) is 10.6 Å². The average Bonchev–Trinajstić information content (AvgIpc) is 3.25. The minimum atomic E-state index is -4.20. The second-order valence-electron chi connectivity index (χ2n) is 8.82. The number of hydrogen-bond donors (Lipinski definition) is 1. The second kappa shape index (κ2) is 11.8. The van der Waals surface area contributed by atoms with Crippen molar-refractivity contribution in [3.05, 3.63) is 69.1 Å². The molecule has 4 rings (SSSR count). The number of rotatable bonds is 9. The predicted molar refractivity (Wildman–Crippen MR) is 149 cm³/mol. The number of ether oxygens (including phenoxy) is 2. The number of carbonyl (C=O) groups excluding carboxylic acids is 2. The standard InChI is InChI=1S/C27H29ClN2O6S2/c1-4-36-27(32)25-20-7-5-6-8-23(20)37-26(25)29-24(31)16-30(21-15-18(28)11-14-22(21)35-3)38(33,34)19-12-9-17(2)10-13-19/h9-15H,4-8,16H2,1-3H3,(H,29,31). The predicted octanol–water partition coefficient (Wildman–Crippen LogP) is 5.61. The zero-order chi connectivity index (χ0) is 27.4. The Kier molecular flexibility index (Phi) is 8.64. The van der Waals surface area contributed by atoms with Crippen molar-refractivity contribution in [1.29, 1.82) is 0 Å². The van der Waals surface area contributed by atoms with E-state index >= 15 is 0 Å². The summed E-state index contributed by atoms with van der Waals surface area (Å²) in [5.41, 5.74) is 2.26. The van der Waals surface area contributed by atoms with Crippen LogP contribution in [-0.2, 0) is 32.4 Å². The number of esters is 1. The average molecular weight is 577 g/mol. The van der Waals surface area contributed by atoms with Gasteiger partial charge in [0.1, 0.15) is 17.3 Å². The van der Waals surface area contributed by atoms with Crippen molar-refractivity contribution in [2.75, 3.05) is 29.9 Å². The fraction of sp³-hybridized carbons (Fsp3) is 0.333. The Hall–Kier alpha value is -3.08. The fourth-order valence-electron chi connectivity index (χ4n) is 4.36. The number of amides is 1. The van der Waals surface area contributed by atoms with Gasteiger partial charge in [-0.05, 0) is 75.4 Å². The molecule has 8 nitrogen and oxygen atoms in total. The van der Waals surface area contributed by atoms with Gasteiger partial charge in [0.05, 0.1) is 29.9 Å². The van der Waals surface area contributed by atoms with Gasteiger partial charge in [-0.15, -0.1) is 11.3 Å². The Morgan fingerprint density at radius 2 is 1.82 bits per heavy atom. The number of anilines is 2. The van der Waals surface area contributed by atoms with Crippen LogP contribution >= 0.6 is 22.9 Å². The molecule has 1 amide bonds. The van der Waals surface area contributed by atoms with Crippen molar-refractivity contribution < 1.29 is 27.5 Å². The van der Waals surface area contributed by atoms with Gasteiger partial charge < -0.3 is 14.8 Å². The summed E-state index contributed by atoms with van der Waals surface area (Å²) in [6, 6.07) is 10.9. The Bertz CT molecular complexity index is 1450. The minimum Gasteiger partial charge on any atom is -0.495 e. The molecule has 38 heavy (non-hydrogen) atoms. The van der Waals surface area contributed by atoms with Crippen LogP contribution in [0, 0.1) is 6.92 Å². The topological polar surface area (TPSA) is 102 Å². The normalized spacial score (nSPS) is 12.9. The van der Waals surface area contributed by atoms with E-state index in [4.69, 9.17) is 21.1 Å². The molecule has 3 aromatic rings. The van der Waals surface area contributed by atoms with E-state index in [9.17, 15) is 18.0 Å². The third-order valence-electron chi connectivity index (χ3n) is 6.21. The monoisotopic (exact) mass is 576 g/mol. The van der Waals surface area contributed by atoms with Crippen LogP contribution in [0.5, 0.6) is 5.75 Å². The fourth-order valence-corrected chi connectivity index (χ4v) is 7.25. The molecule has 1 aromatic heterocycles. The summed E-state index contributed by atoms with van der Waals surface area (Å²) in [5, 5.41) is 3.44. The third kappa shape index (κ3) is 5.82. The van der Waals surface area contributed by atoms with Gasteiger partial charge in [0, 0.05) is 9.90 Å². The molecule has 0 atom stereocenters. The number of nitrogens with one attached hydrogen (secondary N) is 1. The highest BCUT2D eigenvalue weighted by atomic mass is 35.5. The van der Waals surface area contributed by atoms with Gasteiger partial charge in [0.25, 0.3) is 10.0 Å². The SMILES string of the molecule is CCOC(=O)c1c(NC(=O)CN(c2cc(Cl)ccc2OC)S(=O)(=O)c2ccc(C)cc2)sc2c1CCCC2. The van der Waals surface area contributed by atoms with Crippen LogP contribution in [0.15, 0.2) is 47.4 Å². The molecule has 1 heterocycles. The molecule has 1 aliphatic rings. The van der Waals surface area contributed by atoms with E-state index in [1.54, 1.807) is 31.2 Å². The zero-order valence-corrected chi connectivity index (χ0v) is 23.8. The number of thiophene rings is 1. The van der Waals surface area contributed by atoms with E-state index in [2.05, 4.69) is 5.32 Å². The lowest BCUT2D eigenvalue weighted by molar-refractivity contribution is -0.114. The Morgan fingerprint density at radius 1 is 1.11 bits per heavy atom. The van der Waals surface area contributed by atoms with Crippen LogP contribution in [-0.4, -0.2) is 40.6 Å². The lowest BCUT2D eigenvalue weighted by Gasteiger charge is -2.26. The molecule has 0 saturated heterocycles. The molecule has 11 heteroatoms. The van der Waals surface area contributed by atoms with Crippen LogP contribution in [0.3, 0.4) is 0 Å². The molecule has 0 fully saturated rings. The molecule has 0 spiro atoms. The first-order chi connectivity index (χ1) is 18.1. The number of sulfonamides is 1. The number of halogens is 1. The number of methoxy groups -OCH3 is 1. The molecule has 0 bridgehead atoms. The van der Waals surface area contributed by atoms with E-state index in [1.807, 2.05) is 6.92 Å². The summed E-state index contributed by atoms with van der Waals surface area (Å²) in [6.07, 6.45) is 3.49. The number of nitrogens with zero attached hydrogens (tertiary/aromatic N) is 1. The van der Waals surface area contributed by atoms with Gasteiger partial charge in [-0.2, -0.15) is 0 Å². The molecule has 2 aromatic carbocycles. The summed E-state index contributed by atoms with van der Waals surface area (Å²) in [4.78, 5) is 27.3. The summed E-state index contributed by atoms with van der Waals surface area (Å²) >= 11 is 7.55. The molecule has 1 N–H and O–H groups in total. The van der Waals surface area contributed by atoms with Gasteiger partial charge in [-0.25, -0.2) is 13.2 Å². The lowest BCUT2D eigenvalue weighted by atomic mass is 9.95. The minimum absolute atomic E-state index is 0.0109. The van der Waals surface area contributed by atoms with E-state index in [0.717, 1.165) is 46.0 Å². The number of carbonyl (C=O) groups is 2. The van der Waals surface area contributed by atoms with Gasteiger partial charge in [-0.1, -0.05) is 29.3 Å². The van der Waals surface area contributed by atoms with Crippen molar-refractivity contribution in [3.63, 3.8) is 0 Å². The third-order valence-corrected chi connectivity index (χ3v) is 9.43. The maximum Gasteiger partial charge on any atom is 0.341 e. The largest absolute Gasteiger partial charge is 0.495 e. The molecule has 0 radical (unpaired) electrons. The van der Waals surface area contributed by atoms with Crippen LogP contribution < -0.4 is 14.4 Å². The summed E-state index contributed by atoms with van der Waals surface area (Å²) < 4.78 is 39.3. The van der Waals surface area contributed by atoms with Crippen LogP contribution in [0.2, 0.25) is 5.02 Å². The molecule has 0 saturated carbocycles. The Balaban J connectivity index is 1.73. The maximum absolute atomic E-state index is 13.8. The molecule has 0 unspecified atom stereocenters. The number of hydrogen-bond acceptors (Lipinski definition) is 7.